The number of aromatic nitrogens is 3. The minimum Gasteiger partial charge on any atom is -0.479 e. The molecule has 0 bridgehead atoms. The molecule has 1 amide bonds. The highest BCUT2D eigenvalue weighted by Crippen LogP contribution is 2.08. The molecule has 0 spiro atoms. The molecule has 1 aromatic heterocycles. The average Bonchev–Trinajstić information content (AvgIpc) is 2.75. The Kier molecular flexibility index (Phi) is 2.91. The van der Waals surface area contributed by atoms with Gasteiger partial charge >= 0.3 is 5.97 Å². The minimum absolute atomic E-state index is 0.00598. The maximum Gasteiger partial charge on any atom is 0.334 e. The third-order valence-corrected chi connectivity index (χ3v) is 2.33. The molecular weight excluding hydrogens is 230 g/mol. The van der Waals surface area contributed by atoms with Gasteiger partial charge in [-0.25, -0.2) is 4.79 Å². The summed E-state index contributed by atoms with van der Waals surface area (Å²) in [4.78, 5) is 27.6. The van der Waals surface area contributed by atoms with Crippen LogP contribution in [0.3, 0.4) is 0 Å². The summed E-state index contributed by atoms with van der Waals surface area (Å²) in [6.45, 7) is 0.463. The fourth-order valence-electron chi connectivity index (χ4n) is 1.50. The fraction of sp³-hybridized carbons (Fsp3) is 0.500. The zero-order chi connectivity index (χ0) is 12.4. The number of carboxylic acids is 1. The van der Waals surface area contributed by atoms with Crippen LogP contribution in [0.15, 0.2) is 0 Å². The van der Waals surface area contributed by atoms with Crippen LogP contribution in [0.4, 0.5) is 5.95 Å². The molecule has 0 aliphatic carbocycles. The third-order valence-electron chi connectivity index (χ3n) is 2.33. The second-order valence-electron chi connectivity index (χ2n) is 3.49. The zero-order valence-corrected chi connectivity index (χ0v) is 8.79. The predicted molar refractivity (Wildman–Crippen MR) is 54.1 cm³/mol. The van der Waals surface area contributed by atoms with E-state index < -0.39 is 18.0 Å². The van der Waals surface area contributed by atoms with Gasteiger partial charge in [0.1, 0.15) is 0 Å². The molecule has 4 N–H and O–H groups in total. The van der Waals surface area contributed by atoms with Crippen LogP contribution in [0.2, 0.25) is 0 Å². The number of aromatic amines is 1. The Morgan fingerprint density at radius 1 is 1.59 bits per heavy atom. The highest BCUT2D eigenvalue weighted by Gasteiger charge is 2.30. The van der Waals surface area contributed by atoms with Crippen LogP contribution in [-0.2, 0) is 9.53 Å². The Bertz CT molecular complexity index is 445. The van der Waals surface area contributed by atoms with Gasteiger partial charge in [-0.05, 0) is 0 Å². The largest absolute Gasteiger partial charge is 0.479 e. The summed E-state index contributed by atoms with van der Waals surface area (Å²) in [5.74, 6) is -1.58. The van der Waals surface area contributed by atoms with E-state index in [9.17, 15) is 9.59 Å². The number of carbonyl (C=O) groups is 2. The molecule has 1 saturated heterocycles. The number of morpholine rings is 1. The van der Waals surface area contributed by atoms with Gasteiger partial charge in [0.05, 0.1) is 13.2 Å². The van der Waals surface area contributed by atoms with Crippen molar-refractivity contribution in [3.63, 3.8) is 0 Å². The lowest BCUT2D eigenvalue weighted by Crippen LogP contribution is -2.48. The molecule has 1 aliphatic heterocycles. The van der Waals surface area contributed by atoms with Gasteiger partial charge in [0, 0.05) is 6.54 Å². The van der Waals surface area contributed by atoms with Gasteiger partial charge in [0.25, 0.3) is 5.91 Å². The Labute approximate surface area is 95.6 Å². The van der Waals surface area contributed by atoms with Crippen molar-refractivity contribution >= 4 is 17.8 Å². The van der Waals surface area contributed by atoms with Gasteiger partial charge in [-0.2, -0.15) is 4.98 Å². The highest BCUT2D eigenvalue weighted by molar-refractivity contribution is 5.91. The number of nitrogens with one attached hydrogen (secondary N) is 1. The number of aliphatic carboxylic acids is 1. The van der Waals surface area contributed by atoms with Gasteiger partial charge in [-0.3, -0.25) is 9.89 Å². The number of carboxylic acid groups (broad SMARTS) is 1. The number of rotatable bonds is 2. The summed E-state index contributed by atoms with van der Waals surface area (Å²) in [5.41, 5.74) is 5.28. The molecule has 9 heteroatoms. The molecular formula is C8H11N5O4. The van der Waals surface area contributed by atoms with Crippen molar-refractivity contribution in [2.75, 3.05) is 25.4 Å². The van der Waals surface area contributed by atoms with E-state index in [4.69, 9.17) is 15.6 Å². The standard InChI is InChI=1S/C8H11N5O4/c9-8-10-5(11-12-8)6(14)13-1-2-17-4(3-13)7(15)16/h4H,1-3H2,(H,15,16)(H3,9,10,11,12). The van der Waals surface area contributed by atoms with Crippen LogP contribution in [0, 0.1) is 0 Å². The molecule has 1 atom stereocenters. The first-order chi connectivity index (χ1) is 8.08. The summed E-state index contributed by atoms with van der Waals surface area (Å²) >= 11 is 0. The lowest BCUT2D eigenvalue weighted by Gasteiger charge is -2.30. The normalized spacial score (nSPS) is 20.2. The Balaban J connectivity index is 2.07. The lowest BCUT2D eigenvalue weighted by molar-refractivity contribution is -0.154. The molecule has 0 aromatic carbocycles. The summed E-state index contributed by atoms with van der Waals surface area (Å²) in [5, 5.41) is 14.7. The number of hydrogen-bond acceptors (Lipinski definition) is 6. The Hall–Kier alpha value is -2.16. The van der Waals surface area contributed by atoms with Crippen LogP contribution in [0.5, 0.6) is 0 Å². The van der Waals surface area contributed by atoms with E-state index in [1.807, 2.05) is 0 Å². The monoisotopic (exact) mass is 241 g/mol. The number of ether oxygens (including phenoxy) is 1. The predicted octanol–water partition coefficient (Wildman–Crippen LogP) is -1.69. The molecule has 2 rings (SSSR count). The second-order valence-corrected chi connectivity index (χ2v) is 3.49. The van der Waals surface area contributed by atoms with E-state index in [2.05, 4.69) is 15.2 Å². The second kappa shape index (κ2) is 4.37. The van der Waals surface area contributed by atoms with Crippen molar-refractivity contribution in [1.82, 2.24) is 20.1 Å². The van der Waals surface area contributed by atoms with Gasteiger partial charge in [0.2, 0.25) is 11.8 Å². The summed E-state index contributed by atoms with van der Waals surface area (Å²) in [7, 11) is 0. The number of carbonyl (C=O) groups excluding carboxylic acids is 1. The van der Waals surface area contributed by atoms with E-state index in [1.54, 1.807) is 0 Å². The molecule has 2 heterocycles. The molecule has 1 aromatic rings. The minimum atomic E-state index is -1.10. The number of anilines is 1. The van der Waals surface area contributed by atoms with Crippen molar-refractivity contribution in [2.45, 2.75) is 6.10 Å². The number of hydrogen-bond donors (Lipinski definition) is 3. The quantitative estimate of drug-likeness (QED) is 0.562. The molecule has 92 valence electrons. The van der Waals surface area contributed by atoms with Crippen LogP contribution >= 0.6 is 0 Å². The topological polar surface area (TPSA) is 134 Å². The molecule has 17 heavy (non-hydrogen) atoms. The average molecular weight is 241 g/mol. The van der Waals surface area contributed by atoms with Gasteiger partial charge < -0.3 is 20.5 Å². The first-order valence-electron chi connectivity index (χ1n) is 4.89. The number of nitrogens with zero attached hydrogens (tertiary/aromatic N) is 3. The van der Waals surface area contributed by atoms with Gasteiger partial charge in [0.15, 0.2) is 6.10 Å². The van der Waals surface area contributed by atoms with Crippen molar-refractivity contribution in [3.05, 3.63) is 5.82 Å². The van der Waals surface area contributed by atoms with Crippen molar-refractivity contribution in [3.8, 4) is 0 Å². The number of amides is 1. The highest BCUT2D eigenvalue weighted by atomic mass is 16.5. The number of nitrogen functional groups attached to an aromatic ring is 1. The number of H-pyrrole nitrogens is 1. The third kappa shape index (κ3) is 2.33. The van der Waals surface area contributed by atoms with Crippen molar-refractivity contribution in [2.24, 2.45) is 0 Å². The molecule has 0 saturated carbocycles. The maximum absolute atomic E-state index is 11.9. The van der Waals surface area contributed by atoms with E-state index in [1.165, 1.54) is 4.90 Å². The Morgan fingerprint density at radius 3 is 2.94 bits per heavy atom. The van der Waals surface area contributed by atoms with E-state index in [0.717, 1.165) is 0 Å². The molecule has 0 radical (unpaired) electrons. The zero-order valence-electron chi connectivity index (χ0n) is 8.79. The van der Waals surface area contributed by atoms with Crippen molar-refractivity contribution < 1.29 is 19.4 Å². The smallest absolute Gasteiger partial charge is 0.334 e. The molecule has 1 fully saturated rings. The van der Waals surface area contributed by atoms with Crippen LogP contribution in [-0.4, -0.2) is 62.9 Å². The lowest BCUT2D eigenvalue weighted by atomic mass is 10.2. The molecule has 1 unspecified atom stereocenters. The Morgan fingerprint density at radius 2 is 2.35 bits per heavy atom. The fourth-order valence-corrected chi connectivity index (χ4v) is 1.50. The molecule has 1 aliphatic rings. The van der Waals surface area contributed by atoms with Gasteiger partial charge in [-0.15, -0.1) is 5.10 Å². The summed E-state index contributed by atoms with van der Waals surface area (Å²) in [6.07, 6.45) is -1.01. The van der Waals surface area contributed by atoms with Crippen LogP contribution < -0.4 is 5.73 Å². The van der Waals surface area contributed by atoms with E-state index >= 15 is 0 Å². The maximum atomic E-state index is 11.9. The first kappa shape index (κ1) is 11.3. The van der Waals surface area contributed by atoms with Crippen molar-refractivity contribution in [1.29, 1.82) is 0 Å². The summed E-state index contributed by atoms with van der Waals surface area (Å²) in [6, 6.07) is 0. The number of nitrogens with two attached hydrogens (primary N) is 1. The first-order valence-corrected chi connectivity index (χ1v) is 4.89. The van der Waals surface area contributed by atoms with Gasteiger partial charge in [-0.1, -0.05) is 0 Å². The summed E-state index contributed by atoms with van der Waals surface area (Å²) < 4.78 is 5.00. The SMILES string of the molecule is Nc1n[nH]c(C(=O)N2CCOC(C(=O)O)C2)n1. The molecule has 9 nitrogen and oxygen atoms in total. The van der Waals surface area contributed by atoms with Crippen LogP contribution in [0.25, 0.3) is 0 Å². The van der Waals surface area contributed by atoms with E-state index in [-0.39, 0.29) is 24.9 Å². The van der Waals surface area contributed by atoms with Crippen LogP contribution in [0.1, 0.15) is 10.6 Å². The van der Waals surface area contributed by atoms with E-state index in [0.29, 0.717) is 6.54 Å².